The molecule has 0 saturated carbocycles. The quantitative estimate of drug-likeness (QED) is 0.457. The predicted molar refractivity (Wildman–Crippen MR) is 108 cm³/mol. The minimum atomic E-state index is -0.514. The van der Waals surface area contributed by atoms with Gasteiger partial charge in [0, 0.05) is 17.4 Å². The van der Waals surface area contributed by atoms with Crippen molar-refractivity contribution in [1.82, 2.24) is 9.97 Å². The molecule has 0 radical (unpaired) electrons. The molecule has 29 heavy (non-hydrogen) atoms. The summed E-state index contributed by atoms with van der Waals surface area (Å²) in [7, 11) is 0. The number of nitrogens with one attached hydrogen (secondary N) is 2. The van der Waals surface area contributed by atoms with Gasteiger partial charge in [-0.25, -0.2) is 9.97 Å². The SMILES string of the molecule is CC(C)c1ccc(Nc2ncnc(Nc3ccc4c(c3)OCO4)c2[N+](=O)[O-])cc1. The maximum absolute atomic E-state index is 11.8. The van der Waals surface area contributed by atoms with Gasteiger partial charge in [0.2, 0.25) is 18.4 Å². The Morgan fingerprint density at radius 2 is 1.59 bits per heavy atom. The second-order valence-corrected chi connectivity index (χ2v) is 6.77. The molecule has 148 valence electrons. The van der Waals surface area contributed by atoms with Crippen molar-refractivity contribution >= 4 is 28.7 Å². The van der Waals surface area contributed by atoms with Gasteiger partial charge in [-0.1, -0.05) is 26.0 Å². The van der Waals surface area contributed by atoms with Crippen LogP contribution in [0.1, 0.15) is 25.3 Å². The predicted octanol–water partition coefficient (Wildman–Crippen LogP) is 4.72. The van der Waals surface area contributed by atoms with Gasteiger partial charge in [0.15, 0.2) is 11.5 Å². The highest BCUT2D eigenvalue weighted by atomic mass is 16.7. The summed E-state index contributed by atoms with van der Waals surface area (Å²) in [5.74, 6) is 1.76. The molecule has 2 N–H and O–H groups in total. The molecule has 9 heteroatoms. The molecule has 0 aliphatic carbocycles. The number of hydrogen-bond acceptors (Lipinski definition) is 8. The van der Waals surface area contributed by atoms with E-state index in [-0.39, 0.29) is 24.1 Å². The first kappa shape index (κ1) is 18.5. The zero-order valence-corrected chi connectivity index (χ0v) is 15.9. The van der Waals surface area contributed by atoms with Crippen LogP contribution in [0.2, 0.25) is 0 Å². The summed E-state index contributed by atoms with van der Waals surface area (Å²) >= 11 is 0. The number of fused-ring (bicyclic) bond motifs is 1. The van der Waals surface area contributed by atoms with Gasteiger partial charge in [-0.15, -0.1) is 0 Å². The minimum absolute atomic E-state index is 0.0742. The molecule has 0 atom stereocenters. The van der Waals surface area contributed by atoms with Gasteiger partial charge in [0.25, 0.3) is 0 Å². The molecule has 0 saturated heterocycles. The van der Waals surface area contributed by atoms with Crippen LogP contribution in [0.4, 0.5) is 28.7 Å². The molecule has 2 aromatic carbocycles. The van der Waals surface area contributed by atoms with Crippen molar-refractivity contribution in [3.8, 4) is 11.5 Å². The lowest BCUT2D eigenvalue weighted by molar-refractivity contribution is -0.383. The number of ether oxygens (including phenoxy) is 2. The van der Waals surface area contributed by atoms with E-state index in [2.05, 4.69) is 34.4 Å². The number of nitro groups is 1. The van der Waals surface area contributed by atoms with Crippen molar-refractivity contribution in [2.24, 2.45) is 0 Å². The van der Waals surface area contributed by atoms with Crippen molar-refractivity contribution in [2.75, 3.05) is 17.4 Å². The molecule has 0 amide bonds. The van der Waals surface area contributed by atoms with Crippen LogP contribution in [0.15, 0.2) is 48.8 Å². The summed E-state index contributed by atoms with van der Waals surface area (Å²) in [4.78, 5) is 19.4. The highest BCUT2D eigenvalue weighted by Crippen LogP contribution is 2.37. The Bertz CT molecular complexity index is 1050. The highest BCUT2D eigenvalue weighted by molar-refractivity contribution is 5.77. The summed E-state index contributed by atoms with van der Waals surface area (Å²) in [6.45, 7) is 4.35. The van der Waals surface area contributed by atoms with Crippen LogP contribution in [0, 0.1) is 10.1 Å². The molecule has 1 aromatic heterocycles. The van der Waals surface area contributed by atoms with Crippen LogP contribution < -0.4 is 20.1 Å². The number of hydrogen-bond donors (Lipinski definition) is 2. The molecule has 0 bridgehead atoms. The molecule has 0 unspecified atom stereocenters. The third-order valence-corrected chi connectivity index (χ3v) is 4.48. The molecular weight excluding hydrogens is 374 g/mol. The van der Waals surface area contributed by atoms with E-state index < -0.39 is 4.92 Å². The van der Waals surface area contributed by atoms with Crippen molar-refractivity contribution in [3.63, 3.8) is 0 Å². The van der Waals surface area contributed by atoms with E-state index in [1.54, 1.807) is 18.2 Å². The van der Waals surface area contributed by atoms with Gasteiger partial charge in [-0.05, 0) is 35.7 Å². The summed E-state index contributed by atoms with van der Waals surface area (Å²) in [6, 6.07) is 12.9. The first-order valence-electron chi connectivity index (χ1n) is 9.04. The van der Waals surface area contributed by atoms with E-state index in [0.717, 1.165) is 0 Å². The number of nitrogens with zero attached hydrogens (tertiary/aromatic N) is 3. The van der Waals surface area contributed by atoms with Gasteiger partial charge in [-0.2, -0.15) is 0 Å². The van der Waals surface area contributed by atoms with Crippen LogP contribution in [0.3, 0.4) is 0 Å². The zero-order chi connectivity index (χ0) is 20.4. The summed E-state index contributed by atoms with van der Waals surface area (Å²) < 4.78 is 10.6. The average Bonchev–Trinajstić information content (AvgIpc) is 3.16. The Labute approximate surface area is 166 Å². The summed E-state index contributed by atoms with van der Waals surface area (Å²) in [5.41, 5.74) is 2.21. The highest BCUT2D eigenvalue weighted by Gasteiger charge is 2.24. The second-order valence-electron chi connectivity index (χ2n) is 6.77. The van der Waals surface area contributed by atoms with Gasteiger partial charge in [0.1, 0.15) is 6.33 Å². The molecule has 1 aliphatic rings. The van der Waals surface area contributed by atoms with Crippen LogP contribution in [0.25, 0.3) is 0 Å². The number of aromatic nitrogens is 2. The van der Waals surface area contributed by atoms with Crippen molar-refractivity contribution < 1.29 is 14.4 Å². The lowest BCUT2D eigenvalue weighted by atomic mass is 10.0. The fraction of sp³-hybridized carbons (Fsp3) is 0.200. The molecule has 1 aliphatic heterocycles. The third kappa shape index (κ3) is 3.88. The first-order chi connectivity index (χ1) is 14.0. The largest absolute Gasteiger partial charge is 0.454 e. The fourth-order valence-electron chi connectivity index (χ4n) is 2.93. The van der Waals surface area contributed by atoms with E-state index in [1.807, 2.05) is 24.3 Å². The summed E-state index contributed by atoms with van der Waals surface area (Å²) in [6.07, 6.45) is 1.27. The lowest BCUT2D eigenvalue weighted by Gasteiger charge is -2.11. The molecular formula is C20H19N5O4. The topological polar surface area (TPSA) is 111 Å². The molecule has 2 heterocycles. The van der Waals surface area contributed by atoms with Crippen LogP contribution in [0.5, 0.6) is 11.5 Å². The van der Waals surface area contributed by atoms with E-state index in [0.29, 0.717) is 28.8 Å². The number of benzene rings is 2. The lowest BCUT2D eigenvalue weighted by Crippen LogP contribution is -2.05. The molecule has 9 nitrogen and oxygen atoms in total. The Morgan fingerprint density at radius 1 is 0.966 bits per heavy atom. The Kier molecular flexibility index (Phi) is 4.86. The Hall–Kier alpha value is -3.88. The Balaban J connectivity index is 1.63. The minimum Gasteiger partial charge on any atom is -0.454 e. The van der Waals surface area contributed by atoms with Crippen LogP contribution >= 0.6 is 0 Å². The van der Waals surface area contributed by atoms with E-state index in [1.165, 1.54) is 11.9 Å². The standard InChI is InChI=1S/C20H19N5O4/c1-12(2)13-3-5-14(6-4-13)23-19-18(25(26)27)20(22-10-21-19)24-15-7-8-16-17(9-15)29-11-28-16/h3-10,12H,11H2,1-2H3,(H2,21,22,23,24). The molecule has 0 spiro atoms. The Morgan fingerprint density at radius 3 is 2.24 bits per heavy atom. The second kappa shape index (κ2) is 7.63. The van der Waals surface area contributed by atoms with Crippen LogP contribution in [-0.2, 0) is 0 Å². The van der Waals surface area contributed by atoms with Gasteiger partial charge >= 0.3 is 5.69 Å². The van der Waals surface area contributed by atoms with E-state index >= 15 is 0 Å². The number of anilines is 4. The molecule has 4 rings (SSSR count). The third-order valence-electron chi connectivity index (χ3n) is 4.48. The van der Waals surface area contributed by atoms with Crippen molar-refractivity contribution in [1.29, 1.82) is 0 Å². The van der Waals surface area contributed by atoms with E-state index in [4.69, 9.17) is 9.47 Å². The van der Waals surface area contributed by atoms with Gasteiger partial charge < -0.3 is 20.1 Å². The maximum Gasteiger partial charge on any atom is 0.353 e. The molecule has 0 fully saturated rings. The van der Waals surface area contributed by atoms with Gasteiger partial charge in [0.05, 0.1) is 4.92 Å². The fourth-order valence-corrected chi connectivity index (χ4v) is 2.93. The monoisotopic (exact) mass is 393 g/mol. The van der Waals surface area contributed by atoms with Crippen molar-refractivity contribution in [3.05, 3.63) is 64.5 Å². The average molecular weight is 393 g/mol. The van der Waals surface area contributed by atoms with Gasteiger partial charge in [-0.3, -0.25) is 10.1 Å². The number of rotatable bonds is 6. The summed E-state index contributed by atoms with van der Waals surface area (Å²) in [5, 5.41) is 17.7. The van der Waals surface area contributed by atoms with E-state index in [9.17, 15) is 10.1 Å². The zero-order valence-electron chi connectivity index (χ0n) is 15.9. The molecule has 3 aromatic rings. The van der Waals surface area contributed by atoms with Crippen LogP contribution in [-0.4, -0.2) is 21.7 Å². The smallest absolute Gasteiger partial charge is 0.353 e. The normalized spacial score (nSPS) is 12.1. The van der Waals surface area contributed by atoms with Crippen molar-refractivity contribution in [2.45, 2.75) is 19.8 Å². The first-order valence-corrected chi connectivity index (χ1v) is 9.04. The maximum atomic E-state index is 11.8.